The van der Waals surface area contributed by atoms with E-state index in [1.807, 2.05) is 0 Å². The van der Waals surface area contributed by atoms with E-state index >= 15 is 0 Å². The Bertz CT molecular complexity index is 729. The SMILES string of the molecule is COC(=O)C[C@H](CCCN)NC(=O)c1cccc(-c2noc(C)n2)c1. The van der Waals surface area contributed by atoms with Crippen molar-refractivity contribution in [3.8, 4) is 11.4 Å². The summed E-state index contributed by atoms with van der Waals surface area (Å²) in [5, 5.41) is 6.70. The maximum Gasteiger partial charge on any atom is 0.307 e. The minimum Gasteiger partial charge on any atom is -0.469 e. The standard InChI is InChI=1S/C17H22N4O4/c1-11-19-16(21-25-11)12-5-3-6-13(9-12)17(23)20-14(7-4-8-18)10-15(22)24-2/h3,5-6,9,14H,4,7-8,10,18H2,1-2H3,(H,20,23)/t14-/m0/s1. The minimum absolute atomic E-state index is 0.103. The van der Waals surface area contributed by atoms with Gasteiger partial charge in [0.2, 0.25) is 11.7 Å². The number of amides is 1. The second kappa shape index (κ2) is 8.93. The van der Waals surface area contributed by atoms with E-state index in [4.69, 9.17) is 10.3 Å². The molecule has 0 aliphatic carbocycles. The van der Waals surface area contributed by atoms with Crippen molar-refractivity contribution < 1.29 is 18.8 Å². The summed E-state index contributed by atoms with van der Waals surface area (Å²) in [4.78, 5) is 28.2. The molecule has 1 atom stereocenters. The summed E-state index contributed by atoms with van der Waals surface area (Å²) in [5.41, 5.74) is 6.64. The monoisotopic (exact) mass is 346 g/mol. The first kappa shape index (κ1) is 18.6. The number of aryl methyl sites for hydroxylation is 1. The Kier molecular flexibility index (Phi) is 6.64. The number of hydrogen-bond donors (Lipinski definition) is 2. The van der Waals surface area contributed by atoms with E-state index in [1.54, 1.807) is 31.2 Å². The molecule has 0 spiro atoms. The third-order valence-corrected chi connectivity index (χ3v) is 3.64. The van der Waals surface area contributed by atoms with Crippen LogP contribution in [0.3, 0.4) is 0 Å². The van der Waals surface area contributed by atoms with Crippen LogP contribution in [-0.4, -0.2) is 41.7 Å². The smallest absolute Gasteiger partial charge is 0.307 e. The zero-order chi connectivity index (χ0) is 18.2. The van der Waals surface area contributed by atoms with Crippen LogP contribution < -0.4 is 11.1 Å². The number of rotatable bonds is 8. The second-order valence-electron chi connectivity index (χ2n) is 5.60. The molecule has 134 valence electrons. The van der Waals surface area contributed by atoms with Gasteiger partial charge in [0.1, 0.15) is 0 Å². The summed E-state index contributed by atoms with van der Waals surface area (Å²) in [5.74, 6) is 0.206. The first-order valence-electron chi connectivity index (χ1n) is 8.02. The quantitative estimate of drug-likeness (QED) is 0.694. The Morgan fingerprint density at radius 2 is 2.20 bits per heavy atom. The molecule has 1 heterocycles. The van der Waals surface area contributed by atoms with Gasteiger partial charge in [-0.1, -0.05) is 17.3 Å². The lowest BCUT2D eigenvalue weighted by Gasteiger charge is -2.17. The van der Waals surface area contributed by atoms with Crippen LogP contribution in [0.1, 0.15) is 35.5 Å². The maximum absolute atomic E-state index is 12.5. The molecule has 0 saturated heterocycles. The van der Waals surface area contributed by atoms with Crippen molar-refractivity contribution in [3.63, 3.8) is 0 Å². The van der Waals surface area contributed by atoms with Crippen LogP contribution >= 0.6 is 0 Å². The highest BCUT2D eigenvalue weighted by Gasteiger charge is 2.18. The number of ether oxygens (including phenoxy) is 1. The topological polar surface area (TPSA) is 120 Å². The van der Waals surface area contributed by atoms with Crippen LogP contribution in [-0.2, 0) is 9.53 Å². The van der Waals surface area contributed by atoms with Gasteiger partial charge in [0.05, 0.1) is 13.5 Å². The van der Waals surface area contributed by atoms with Gasteiger partial charge >= 0.3 is 5.97 Å². The Morgan fingerprint density at radius 1 is 1.40 bits per heavy atom. The summed E-state index contributed by atoms with van der Waals surface area (Å²) in [6, 6.07) is 6.56. The van der Waals surface area contributed by atoms with Gasteiger partial charge in [0.15, 0.2) is 0 Å². The van der Waals surface area contributed by atoms with Gasteiger partial charge in [-0.05, 0) is 31.5 Å². The molecule has 3 N–H and O–H groups in total. The Balaban J connectivity index is 2.11. The lowest BCUT2D eigenvalue weighted by molar-refractivity contribution is -0.141. The van der Waals surface area contributed by atoms with Crippen LogP contribution in [0.25, 0.3) is 11.4 Å². The molecule has 0 bridgehead atoms. The highest BCUT2D eigenvalue weighted by atomic mass is 16.5. The van der Waals surface area contributed by atoms with E-state index in [1.165, 1.54) is 7.11 Å². The molecule has 8 nitrogen and oxygen atoms in total. The lowest BCUT2D eigenvalue weighted by Crippen LogP contribution is -2.37. The van der Waals surface area contributed by atoms with E-state index in [9.17, 15) is 9.59 Å². The average molecular weight is 346 g/mol. The van der Waals surface area contributed by atoms with Gasteiger partial charge in [-0.25, -0.2) is 0 Å². The maximum atomic E-state index is 12.5. The fraction of sp³-hybridized carbons (Fsp3) is 0.412. The van der Waals surface area contributed by atoms with Gasteiger partial charge in [-0.15, -0.1) is 0 Å². The average Bonchev–Trinajstić information content (AvgIpc) is 3.06. The van der Waals surface area contributed by atoms with Crippen molar-refractivity contribution in [2.45, 2.75) is 32.2 Å². The van der Waals surface area contributed by atoms with Gasteiger partial charge < -0.3 is 20.3 Å². The second-order valence-corrected chi connectivity index (χ2v) is 5.60. The molecule has 25 heavy (non-hydrogen) atoms. The summed E-state index contributed by atoms with van der Waals surface area (Å²) in [7, 11) is 1.32. The van der Waals surface area contributed by atoms with Gasteiger partial charge in [0, 0.05) is 24.1 Å². The number of carbonyl (C=O) groups excluding carboxylic acids is 2. The van der Waals surface area contributed by atoms with Gasteiger partial charge in [-0.2, -0.15) is 4.98 Å². The number of benzene rings is 1. The van der Waals surface area contributed by atoms with Gasteiger partial charge in [-0.3, -0.25) is 9.59 Å². The fourth-order valence-electron chi connectivity index (χ4n) is 2.36. The van der Waals surface area contributed by atoms with Crippen LogP contribution in [0.5, 0.6) is 0 Å². The van der Waals surface area contributed by atoms with Crippen molar-refractivity contribution in [3.05, 3.63) is 35.7 Å². The van der Waals surface area contributed by atoms with Crippen LogP contribution in [0.2, 0.25) is 0 Å². The normalized spacial score (nSPS) is 11.8. The van der Waals surface area contributed by atoms with E-state index in [0.717, 1.165) is 0 Å². The molecule has 1 amide bonds. The summed E-state index contributed by atoms with van der Waals surface area (Å²) < 4.78 is 9.64. The van der Waals surface area contributed by atoms with E-state index in [-0.39, 0.29) is 24.3 Å². The molecule has 1 aromatic carbocycles. The molecule has 2 aromatic rings. The molecule has 0 radical (unpaired) electrons. The highest BCUT2D eigenvalue weighted by Crippen LogP contribution is 2.17. The van der Waals surface area contributed by atoms with Crippen molar-refractivity contribution in [2.75, 3.05) is 13.7 Å². The molecule has 0 aliphatic heterocycles. The summed E-state index contributed by atoms with van der Waals surface area (Å²) in [6.07, 6.45) is 1.40. The lowest BCUT2D eigenvalue weighted by atomic mass is 10.1. The van der Waals surface area contributed by atoms with Crippen molar-refractivity contribution in [1.82, 2.24) is 15.5 Å². The molecule has 0 aliphatic rings. The highest BCUT2D eigenvalue weighted by molar-refractivity contribution is 5.95. The van der Waals surface area contributed by atoms with E-state index < -0.39 is 0 Å². The minimum atomic E-state index is -0.377. The zero-order valence-corrected chi connectivity index (χ0v) is 14.3. The largest absolute Gasteiger partial charge is 0.469 e. The zero-order valence-electron chi connectivity index (χ0n) is 14.3. The number of nitrogens with zero attached hydrogens (tertiary/aromatic N) is 2. The van der Waals surface area contributed by atoms with Crippen molar-refractivity contribution in [2.24, 2.45) is 5.73 Å². The molecule has 0 saturated carbocycles. The molecule has 0 fully saturated rings. The number of esters is 1. The molecule has 0 unspecified atom stereocenters. The molecular formula is C17H22N4O4. The third kappa shape index (κ3) is 5.39. The van der Waals surface area contributed by atoms with E-state index in [0.29, 0.717) is 42.2 Å². The summed E-state index contributed by atoms with van der Waals surface area (Å²) >= 11 is 0. The number of carbonyl (C=O) groups is 2. The van der Waals surface area contributed by atoms with E-state index in [2.05, 4.69) is 20.2 Å². The first-order valence-corrected chi connectivity index (χ1v) is 8.02. The predicted molar refractivity (Wildman–Crippen MR) is 90.6 cm³/mol. The number of nitrogens with one attached hydrogen (secondary N) is 1. The molecule has 1 aromatic heterocycles. The van der Waals surface area contributed by atoms with Gasteiger partial charge in [0.25, 0.3) is 5.91 Å². The predicted octanol–water partition coefficient (Wildman–Crippen LogP) is 1.45. The number of methoxy groups -OCH3 is 1. The Hall–Kier alpha value is -2.74. The fourth-order valence-corrected chi connectivity index (χ4v) is 2.36. The number of aromatic nitrogens is 2. The van der Waals surface area contributed by atoms with Crippen LogP contribution in [0.15, 0.2) is 28.8 Å². The van der Waals surface area contributed by atoms with Crippen molar-refractivity contribution in [1.29, 1.82) is 0 Å². The Morgan fingerprint density at radius 3 is 2.84 bits per heavy atom. The van der Waals surface area contributed by atoms with Crippen LogP contribution in [0, 0.1) is 6.92 Å². The third-order valence-electron chi connectivity index (χ3n) is 3.64. The van der Waals surface area contributed by atoms with Crippen molar-refractivity contribution >= 4 is 11.9 Å². The molecule has 8 heteroatoms. The molecular weight excluding hydrogens is 324 g/mol. The molecule has 2 rings (SSSR count). The summed E-state index contributed by atoms with van der Waals surface area (Å²) in [6.45, 7) is 2.18. The Labute approximate surface area is 145 Å². The first-order chi connectivity index (χ1) is 12.0. The number of nitrogens with two attached hydrogens (primary N) is 1. The number of hydrogen-bond acceptors (Lipinski definition) is 7. The van der Waals surface area contributed by atoms with Crippen LogP contribution in [0.4, 0.5) is 0 Å².